The Hall–Kier alpha value is -3.41. The summed E-state index contributed by atoms with van der Waals surface area (Å²) in [5.74, 6) is 0.372. The Morgan fingerprint density at radius 1 is 1.07 bits per heavy atom. The molecule has 2 aromatic carbocycles. The number of thiazole rings is 1. The maximum absolute atomic E-state index is 13.1. The van der Waals surface area contributed by atoms with Crippen LogP contribution in [0.1, 0.15) is 30.4 Å². The molecule has 2 amide bonds. The first-order valence-corrected chi connectivity index (χ1v) is 14.6. The predicted molar refractivity (Wildman–Crippen MR) is 155 cm³/mol. The summed E-state index contributed by atoms with van der Waals surface area (Å²) in [5, 5.41) is 22.6. The van der Waals surface area contributed by atoms with E-state index in [0.29, 0.717) is 70.8 Å². The van der Waals surface area contributed by atoms with Crippen molar-refractivity contribution < 1.29 is 24.5 Å². The molecule has 4 N–H and O–H groups in total. The van der Waals surface area contributed by atoms with E-state index in [4.69, 9.17) is 4.74 Å². The van der Waals surface area contributed by atoms with Gasteiger partial charge in [-0.05, 0) is 55.3 Å². The quantitative estimate of drug-likeness (QED) is 0.219. The van der Waals surface area contributed by atoms with Gasteiger partial charge in [-0.15, -0.1) is 0 Å². The Bertz CT molecular complexity index is 1300. The lowest BCUT2D eigenvalue weighted by Crippen LogP contribution is -2.44. The molecule has 3 aromatic rings. The van der Waals surface area contributed by atoms with Gasteiger partial charge in [-0.1, -0.05) is 47.7 Å². The van der Waals surface area contributed by atoms with E-state index in [1.165, 1.54) is 10.5 Å². The SMILES string of the molecule is O=C(O)N1CCC(CN(CCNCCc2ccc(O)c3[nH]c(=O)sc23)C(=O)CCOCCc2ccccc2)CC1. The zero-order valence-corrected chi connectivity index (χ0v) is 23.5. The van der Waals surface area contributed by atoms with E-state index >= 15 is 0 Å². The van der Waals surface area contributed by atoms with E-state index in [0.717, 1.165) is 40.9 Å². The highest BCUT2D eigenvalue weighted by Crippen LogP contribution is 2.27. The lowest BCUT2D eigenvalue weighted by atomic mass is 9.96. The summed E-state index contributed by atoms with van der Waals surface area (Å²) in [6.45, 7) is 4.34. The van der Waals surface area contributed by atoms with Crippen molar-refractivity contribution >= 4 is 33.6 Å². The Kier molecular flexibility index (Phi) is 11.0. The summed E-state index contributed by atoms with van der Waals surface area (Å²) in [6, 6.07) is 13.5. The number of carboxylic acid groups (broad SMARTS) is 1. The van der Waals surface area contributed by atoms with Gasteiger partial charge in [0.2, 0.25) is 5.91 Å². The molecule has 216 valence electrons. The Balaban J connectivity index is 1.24. The number of amides is 2. The molecule has 1 saturated heterocycles. The van der Waals surface area contributed by atoms with E-state index in [2.05, 4.69) is 22.4 Å². The van der Waals surface area contributed by atoms with Crippen LogP contribution in [0.3, 0.4) is 0 Å². The molecule has 1 aliphatic rings. The van der Waals surface area contributed by atoms with Crippen molar-refractivity contribution in [2.75, 3.05) is 52.5 Å². The van der Waals surface area contributed by atoms with Gasteiger partial charge >= 0.3 is 11.0 Å². The maximum atomic E-state index is 13.1. The van der Waals surface area contributed by atoms with Gasteiger partial charge in [-0.3, -0.25) is 9.59 Å². The predicted octanol–water partition coefficient (Wildman–Crippen LogP) is 3.30. The third kappa shape index (κ3) is 8.54. The molecule has 1 aliphatic heterocycles. The number of fused-ring (bicyclic) bond motifs is 1. The number of likely N-dealkylation sites (tertiary alicyclic amines) is 1. The fourth-order valence-corrected chi connectivity index (χ4v) is 5.92. The van der Waals surface area contributed by atoms with Crippen LogP contribution < -0.4 is 10.2 Å². The minimum absolute atomic E-state index is 0.0412. The van der Waals surface area contributed by atoms with Crippen LogP contribution in [0, 0.1) is 5.92 Å². The third-order valence-electron chi connectivity index (χ3n) is 7.32. The van der Waals surface area contributed by atoms with Crippen LogP contribution in [-0.4, -0.2) is 89.5 Å². The minimum atomic E-state index is -0.888. The van der Waals surface area contributed by atoms with Gasteiger partial charge in [-0.2, -0.15) is 0 Å². The molecule has 40 heavy (non-hydrogen) atoms. The number of phenolic OH excluding ortho intramolecular Hbond substituents is 1. The molecular formula is C29H38N4O6S. The number of benzene rings is 2. The van der Waals surface area contributed by atoms with Crippen molar-refractivity contribution in [3.05, 3.63) is 63.3 Å². The summed E-state index contributed by atoms with van der Waals surface area (Å²) in [7, 11) is 0. The first-order chi connectivity index (χ1) is 19.4. The molecule has 2 heterocycles. The van der Waals surface area contributed by atoms with Crippen molar-refractivity contribution in [2.24, 2.45) is 5.92 Å². The Labute approximate surface area is 237 Å². The summed E-state index contributed by atoms with van der Waals surface area (Å²) < 4.78 is 6.52. The topological polar surface area (TPSA) is 135 Å². The average Bonchev–Trinajstić information content (AvgIpc) is 3.36. The fraction of sp³-hybridized carbons (Fsp3) is 0.483. The number of piperidine rings is 1. The largest absolute Gasteiger partial charge is 0.506 e. The van der Waals surface area contributed by atoms with Crippen molar-refractivity contribution in [1.29, 1.82) is 0 Å². The van der Waals surface area contributed by atoms with E-state index in [9.17, 15) is 24.6 Å². The number of aromatic hydroxyl groups is 1. The first kappa shape index (κ1) is 29.6. The van der Waals surface area contributed by atoms with Crippen LogP contribution in [-0.2, 0) is 22.4 Å². The molecule has 1 fully saturated rings. The number of phenols is 1. The van der Waals surface area contributed by atoms with Crippen LogP contribution >= 0.6 is 11.3 Å². The fourth-order valence-electron chi connectivity index (χ4n) is 5.02. The normalized spacial score (nSPS) is 14.1. The number of carbonyl (C=O) groups excluding carboxylic acids is 1. The van der Waals surface area contributed by atoms with Crippen LogP contribution in [0.25, 0.3) is 10.2 Å². The van der Waals surface area contributed by atoms with E-state index in [1.807, 2.05) is 29.2 Å². The van der Waals surface area contributed by atoms with Crippen molar-refractivity contribution in [1.82, 2.24) is 20.1 Å². The van der Waals surface area contributed by atoms with Crippen molar-refractivity contribution in [2.45, 2.75) is 32.1 Å². The molecule has 0 bridgehead atoms. The van der Waals surface area contributed by atoms with Crippen LogP contribution in [0.15, 0.2) is 47.3 Å². The van der Waals surface area contributed by atoms with Crippen molar-refractivity contribution in [3.63, 3.8) is 0 Å². The molecular weight excluding hydrogens is 532 g/mol. The van der Waals surface area contributed by atoms with Gasteiger partial charge in [0.15, 0.2) is 0 Å². The molecule has 0 radical (unpaired) electrons. The molecule has 1 aromatic heterocycles. The summed E-state index contributed by atoms with van der Waals surface area (Å²) in [6.07, 6.45) is 2.39. The highest BCUT2D eigenvalue weighted by atomic mass is 32.1. The summed E-state index contributed by atoms with van der Waals surface area (Å²) in [4.78, 5) is 42.0. The number of hydrogen-bond acceptors (Lipinski definition) is 7. The molecule has 4 rings (SSSR count). The van der Waals surface area contributed by atoms with Crippen molar-refractivity contribution in [3.8, 4) is 5.75 Å². The highest BCUT2D eigenvalue weighted by molar-refractivity contribution is 7.16. The Morgan fingerprint density at radius 3 is 2.60 bits per heavy atom. The zero-order chi connectivity index (χ0) is 28.3. The van der Waals surface area contributed by atoms with Crippen LogP contribution in [0.2, 0.25) is 0 Å². The average molecular weight is 571 g/mol. The number of nitrogens with zero attached hydrogens (tertiary/aromatic N) is 2. The molecule has 0 spiro atoms. The maximum Gasteiger partial charge on any atom is 0.407 e. The summed E-state index contributed by atoms with van der Waals surface area (Å²) in [5.41, 5.74) is 2.66. The first-order valence-electron chi connectivity index (χ1n) is 13.8. The standard InChI is InChI=1S/C29H38N4O6S/c34-24-7-6-23(27-26(24)31-28(36)40-27)8-13-30-14-17-33(20-22-9-15-32(16-10-22)29(37)38)25(35)12-19-39-18-11-21-4-2-1-3-5-21/h1-7,22,30,34H,8-20H2,(H,31,36)(H,37,38). The lowest BCUT2D eigenvalue weighted by molar-refractivity contribution is -0.133. The van der Waals surface area contributed by atoms with E-state index < -0.39 is 6.09 Å². The highest BCUT2D eigenvalue weighted by Gasteiger charge is 2.25. The number of H-pyrrole nitrogens is 1. The second kappa shape index (κ2) is 14.8. The van der Waals surface area contributed by atoms with Gasteiger partial charge in [0.05, 0.1) is 24.3 Å². The van der Waals surface area contributed by atoms with Gasteiger partial charge in [0, 0.05) is 32.7 Å². The van der Waals surface area contributed by atoms with Gasteiger partial charge in [-0.25, -0.2) is 4.79 Å². The second-order valence-corrected chi connectivity index (χ2v) is 11.1. The van der Waals surface area contributed by atoms with E-state index in [-0.39, 0.29) is 22.4 Å². The number of rotatable bonds is 14. The van der Waals surface area contributed by atoms with Crippen LogP contribution in [0.5, 0.6) is 5.75 Å². The molecule has 0 unspecified atom stereocenters. The monoisotopic (exact) mass is 570 g/mol. The Morgan fingerprint density at radius 2 is 1.85 bits per heavy atom. The minimum Gasteiger partial charge on any atom is -0.506 e. The third-order valence-corrected chi connectivity index (χ3v) is 8.28. The van der Waals surface area contributed by atoms with Gasteiger partial charge in [0.1, 0.15) is 11.3 Å². The number of aromatic nitrogens is 1. The second-order valence-electron chi connectivity index (χ2n) is 10.1. The number of aromatic amines is 1. The molecule has 11 heteroatoms. The van der Waals surface area contributed by atoms with Crippen LogP contribution in [0.4, 0.5) is 4.79 Å². The molecule has 10 nitrogen and oxygen atoms in total. The number of ether oxygens (including phenoxy) is 1. The number of hydrogen-bond donors (Lipinski definition) is 4. The molecule has 0 atom stereocenters. The number of nitrogens with one attached hydrogen (secondary N) is 2. The van der Waals surface area contributed by atoms with Gasteiger partial charge < -0.3 is 35.1 Å². The van der Waals surface area contributed by atoms with Gasteiger partial charge in [0.25, 0.3) is 0 Å². The smallest absolute Gasteiger partial charge is 0.407 e. The zero-order valence-electron chi connectivity index (χ0n) is 22.6. The lowest BCUT2D eigenvalue weighted by Gasteiger charge is -2.34. The van der Waals surface area contributed by atoms with E-state index in [1.54, 1.807) is 6.07 Å². The molecule has 0 aliphatic carbocycles. The number of carbonyl (C=O) groups is 2. The summed E-state index contributed by atoms with van der Waals surface area (Å²) >= 11 is 1.09. The molecule has 0 saturated carbocycles.